The number of aliphatic hydroxyl groups is 1. The van der Waals surface area contributed by atoms with E-state index in [9.17, 15) is 22.5 Å². The molecule has 0 bridgehead atoms. The Morgan fingerprint density at radius 1 is 1.02 bits per heavy atom. The van der Waals surface area contributed by atoms with E-state index in [4.69, 9.17) is 4.78 Å². The van der Waals surface area contributed by atoms with E-state index in [0.717, 1.165) is 6.07 Å². The summed E-state index contributed by atoms with van der Waals surface area (Å²) in [5.41, 5.74) is 6.16. The maximum atomic E-state index is 15.1. The number of halogens is 4. The zero-order valence-electron chi connectivity index (χ0n) is 21.5. The van der Waals surface area contributed by atoms with Gasteiger partial charge in [0.25, 0.3) is 0 Å². The predicted molar refractivity (Wildman–Crippen MR) is 148 cm³/mol. The summed E-state index contributed by atoms with van der Waals surface area (Å²) in [6.45, 7) is 0. The highest BCUT2D eigenvalue weighted by molar-refractivity contribution is 7.91. The van der Waals surface area contributed by atoms with Crippen LogP contribution in [0.15, 0.2) is 96.2 Å². The van der Waals surface area contributed by atoms with E-state index in [1.807, 2.05) is 6.07 Å². The number of hydrogen-bond donors (Lipinski definition) is 5. The summed E-state index contributed by atoms with van der Waals surface area (Å²) >= 11 is 0. The first-order chi connectivity index (χ1) is 19.4. The molecule has 4 aromatic rings. The Kier molecular flexibility index (Phi) is 7.56. The smallest absolute Gasteiger partial charge is 0.369 e. The molecule has 5 rings (SSSR count). The summed E-state index contributed by atoms with van der Waals surface area (Å²) in [5, 5.41) is 13.9. The van der Waals surface area contributed by atoms with Crippen molar-refractivity contribution < 1.29 is 26.9 Å². The molecule has 1 aliphatic rings. The van der Waals surface area contributed by atoms with Gasteiger partial charge in [0.05, 0.1) is 32.7 Å². The number of hydrogen-bond acceptors (Lipinski definition) is 7. The highest BCUT2D eigenvalue weighted by atomic mass is 32.2. The first-order valence-electron chi connectivity index (χ1n) is 12.3. The number of nitrogens with zero attached hydrogens (tertiary/aromatic N) is 1. The Morgan fingerprint density at radius 2 is 1.73 bits per heavy atom. The molecule has 0 aliphatic carbocycles. The van der Waals surface area contributed by atoms with E-state index < -0.39 is 39.6 Å². The molecule has 1 aliphatic heterocycles. The molecule has 0 saturated carbocycles. The van der Waals surface area contributed by atoms with Crippen LogP contribution in [0.4, 0.5) is 23.2 Å². The third-order valence-electron chi connectivity index (χ3n) is 6.58. The molecule has 0 fully saturated rings. The fraction of sp³-hybridized carbons (Fsp3) is 0.138. The molecular formula is C29H25F4N5O2S. The number of benzene rings is 3. The maximum absolute atomic E-state index is 15.1. The van der Waals surface area contributed by atoms with E-state index >= 15 is 4.39 Å². The molecule has 0 radical (unpaired) electrons. The number of hydrazine groups is 1. The average molecular weight is 584 g/mol. The van der Waals surface area contributed by atoms with Crippen molar-refractivity contribution in [2.75, 3.05) is 11.6 Å². The number of aliphatic hydroxyl groups excluding tert-OH is 1. The SMILES string of the molecule is CS(=N)(=O)c1ccc(-c2cnc(-c3ccccc3)c(NC(O)c3cc(C4C=CNN4)c(C(F)(F)F)cc3F)c2)cc1. The van der Waals surface area contributed by atoms with Crippen molar-refractivity contribution >= 4 is 15.4 Å². The van der Waals surface area contributed by atoms with Crippen molar-refractivity contribution in [2.45, 2.75) is 23.3 Å². The van der Waals surface area contributed by atoms with E-state index in [-0.39, 0.29) is 11.1 Å². The van der Waals surface area contributed by atoms with Crippen molar-refractivity contribution in [2.24, 2.45) is 0 Å². The summed E-state index contributed by atoms with van der Waals surface area (Å²) in [4.78, 5) is 4.92. The minimum Gasteiger partial charge on any atom is -0.369 e. The molecule has 0 spiro atoms. The molecule has 3 aromatic carbocycles. The van der Waals surface area contributed by atoms with Crippen LogP contribution in [0, 0.1) is 10.6 Å². The van der Waals surface area contributed by atoms with Crippen molar-refractivity contribution in [3.63, 3.8) is 0 Å². The lowest BCUT2D eigenvalue weighted by molar-refractivity contribution is -0.138. The van der Waals surface area contributed by atoms with Gasteiger partial charge in [-0.2, -0.15) is 13.2 Å². The van der Waals surface area contributed by atoms with Gasteiger partial charge in [-0.25, -0.2) is 18.8 Å². The molecule has 5 N–H and O–H groups in total. The fourth-order valence-electron chi connectivity index (χ4n) is 4.52. The van der Waals surface area contributed by atoms with Crippen LogP contribution in [-0.2, 0) is 15.9 Å². The molecule has 0 saturated heterocycles. The van der Waals surface area contributed by atoms with E-state index in [0.29, 0.717) is 39.0 Å². The van der Waals surface area contributed by atoms with Gasteiger partial charge in [-0.3, -0.25) is 4.98 Å². The zero-order valence-corrected chi connectivity index (χ0v) is 22.4. The second-order valence-electron chi connectivity index (χ2n) is 9.49. The van der Waals surface area contributed by atoms with Gasteiger partial charge in [0.15, 0.2) is 6.23 Å². The number of nitrogens with one attached hydrogen (secondary N) is 4. The van der Waals surface area contributed by atoms with Gasteiger partial charge in [0, 0.05) is 40.2 Å². The Morgan fingerprint density at radius 3 is 2.34 bits per heavy atom. The van der Waals surface area contributed by atoms with Crippen LogP contribution >= 0.6 is 0 Å². The number of anilines is 1. The van der Waals surface area contributed by atoms with Crippen molar-refractivity contribution in [3.05, 3.63) is 114 Å². The Bertz CT molecular complexity index is 1710. The summed E-state index contributed by atoms with van der Waals surface area (Å²) in [6.07, 6.45) is -0.741. The summed E-state index contributed by atoms with van der Waals surface area (Å²) in [7, 11) is -2.91. The number of alkyl halides is 3. The molecule has 2 heterocycles. The van der Waals surface area contributed by atoms with Gasteiger partial charge in [-0.15, -0.1) is 0 Å². The van der Waals surface area contributed by atoms with E-state index in [1.165, 1.54) is 18.5 Å². The lowest BCUT2D eigenvalue weighted by Crippen LogP contribution is -2.27. The second-order valence-corrected chi connectivity index (χ2v) is 11.6. The molecule has 3 atom stereocenters. The van der Waals surface area contributed by atoms with Gasteiger partial charge in [0.2, 0.25) is 0 Å². The average Bonchev–Trinajstić information content (AvgIpc) is 3.47. The molecule has 3 unspecified atom stereocenters. The lowest BCUT2D eigenvalue weighted by atomic mass is 9.96. The Hall–Kier alpha value is -4.26. The van der Waals surface area contributed by atoms with Crippen LogP contribution in [0.3, 0.4) is 0 Å². The van der Waals surface area contributed by atoms with Gasteiger partial charge in [-0.1, -0.05) is 42.5 Å². The Labute approximate surface area is 233 Å². The molecule has 41 heavy (non-hydrogen) atoms. The van der Waals surface area contributed by atoms with E-state index in [1.54, 1.807) is 60.8 Å². The molecule has 212 valence electrons. The fourth-order valence-corrected chi connectivity index (χ4v) is 5.18. The van der Waals surface area contributed by atoms with Crippen LogP contribution < -0.4 is 16.2 Å². The molecule has 12 heteroatoms. The number of aromatic nitrogens is 1. The highest BCUT2D eigenvalue weighted by Crippen LogP contribution is 2.39. The van der Waals surface area contributed by atoms with E-state index in [2.05, 4.69) is 21.2 Å². The summed E-state index contributed by atoms with van der Waals surface area (Å²) < 4.78 is 76.2. The predicted octanol–water partition coefficient (Wildman–Crippen LogP) is 6.37. The van der Waals surface area contributed by atoms with Gasteiger partial charge >= 0.3 is 6.18 Å². The van der Waals surface area contributed by atoms with Crippen LogP contribution in [-0.4, -0.2) is 20.6 Å². The van der Waals surface area contributed by atoms with Gasteiger partial charge < -0.3 is 15.8 Å². The molecule has 0 amide bonds. The third-order valence-corrected chi connectivity index (χ3v) is 7.75. The molecular weight excluding hydrogens is 558 g/mol. The first kappa shape index (κ1) is 28.3. The van der Waals surface area contributed by atoms with Crippen LogP contribution in [0.5, 0.6) is 0 Å². The highest BCUT2D eigenvalue weighted by Gasteiger charge is 2.37. The largest absolute Gasteiger partial charge is 0.416 e. The Balaban J connectivity index is 1.56. The normalized spacial score (nSPS) is 17.1. The standard InChI is InChI=1S/C29H25F4N5O2S/c1-41(34,40)20-9-7-17(8-10-20)19-13-26(27(35-16-19)18-5-3-2-4-6-18)37-28(39)22-14-21(25-11-12-36-38-25)23(15-24(22)30)29(31,32)33/h2-16,25,28,34,36-39H,1H3. The number of pyridine rings is 1. The van der Waals surface area contributed by atoms with Crippen LogP contribution in [0.1, 0.15) is 29.0 Å². The zero-order chi connectivity index (χ0) is 29.4. The molecule has 7 nitrogen and oxygen atoms in total. The quantitative estimate of drug-likeness (QED) is 0.128. The van der Waals surface area contributed by atoms with Crippen LogP contribution in [0.2, 0.25) is 0 Å². The monoisotopic (exact) mass is 583 g/mol. The molecule has 1 aromatic heterocycles. The summed E-state index contributed by atoms with van der Waals surface area (Å²) in [5.74, 6) is -1.23. The van der Waals surface area contributed by atoms with Crippen LogP contribution in [0.25, 0.3) is 22.4 Å². The lowest BCUT2D eigenvalue weighted by Gasteiger charge is -2.22. The first-order valence-corrected chi connectivity index (χ1v) is 14.3. The minimum atomic E-state index is -4.82. The van der Waals surface area contributed by atoms with Crippen molar-refractivity contribution in [1.29, 1.82) is 4.78 Å². The van der Waals surface area contributed by atoms with Crippen molar-refractivity contribution in [3.8, 4) is 22.4 Å². The summed E-state index contributed by atoms with van der Waals surface area (Å²) in [6, 6.07) is 17.7. The topological polar surface area (TPSA) is 110 Å². The second kappa shape index (κ2) is 11.0. The maximum Gasteiger partial charge on any atom is 0.416 e. The third kappa shape index (κ3) is 6.09. The minimum absolute atomic E-state index is 0.256. The van der Waals surface area contributed by atoms with Gasteiger partial charge in [-0.05, 0) is 47.5 Å². The van der Waals surface area contributed by atoms with Gasteiger partial charge in [0.1, 0.15) is 5.82 Å². The number of rotatable bonds is 7. The van der Waals surface area contributed by atoms with Crippen molar-refractivity contribution in [1.82, 2.24) is 15.8 Å².